The maximum atomic E-state index is 4.58. The molecule has 4 aromatic heterocycles. The molecule has 0 radical (unpaired) electrons. The average Bonchev–Trinajstić information content (AvgIpc) is 2.74. The highest BCUT2D eigenvalue weighted by Crippen LogP contribution is 2.22. The lowest BCUT2D eigenvalue weighted by atomic mass is 10.1. The van der Waals surface area contributed by atoms with E-state index >= 15 is 0 Å². The van der Waals surface area contributed by atoms with E-state index in [9.17, 15) is 0 Å². The van der Waals surface area contributed by atoms with Crippen LogP contribution in [0.2, 0.25) is 0 Å². The Balaban J connectivity index is 0.000000147. The molecule has 0 atom stereocenters. The number of aromatic nitrogens is 4. The van der Waals surface area contributed by atoms with Crippen molar-refractivity contribution in [3.05, 3.63) is 95.6 Å². The van der Waals surface area contributed by atoms with Crippen LogP contribution < -0.4 is 0 Å². The van der Waals surface area contributed by atoms with Gasteiger partial charge in [0.15, 0.2) is 0 Å². The third kappa shape index (κ3) is 4.33. The highest BCUT2D eigenvalue weighted by molar-refractivity contribution is 6.02. The summed E-state index contributed by atoms with van der Waals surface area (Å²) < 4.78 is 0. The monoisotopic (exact) mass is 392 g/mol. The van der Waals surface area contributed by atoms with Gasteiger partial charge in [-0.2, -0.15) is 0 Å². The Bertz CT molecular complexity index is 1240. The summed E-state index contributed by atoms with van der Waals surface area (Å²) in [7, 11) is 0. The first-order valence-corrected chi connectivity index (χ1v) is 9.99. The molecule has 5 aromatic rings. The molecule has 1 aromatic carbocycles. The van der Waals surface area contributed by atoms with Gasteiger partial charge in [-0.05, 0) is 75.2 Å². The molecule has 148 valence electrons. The Labute approximate surface area is 176 Å². The number of hydrogen-bond donors (Lipinski definition) is 0. The molecule has 0 aliphatic carbocycles. The number of hydrogen-bond acceptors (Lipinski definition) is 4. The molecular formula is C26H24N4. The van der Waals surface area contributed by atoms with E-state index in [1.807, 2.05) is 62.6 Å². The zero-order valence-electron chi connectivity index (χ0n) is 17.7. The molecule has 4 heterocycles. The Morgan fingerprint density at radius 2 is 0.900 bits per heavy atom. The Kier molecular flexibility index (Phi) is 5.48. The molecule has 0 spiro atoms. The Morgan fingerprint density at radius 1 is 0.500 bits per heavy atom. The SMILES string of the molecule is Cc1ccc2ccc3ccc(C)nc3c2n1.Cc1ccnc(-c2cc(C)ccn2)c1. The third-order valence-electron chi connectivity index (χ3n) is 4.89. The predicted octanol–water partition coefficient (Wildman–Crippen LogP) is 6.16. The summed E-state index contributed by atoms with van der Waals surface area (Å²) in [5, 5.41) is 2.30. The summed E-state index contributed by atoms with van der Waals surface area (Å²) >= 11 is 0. The number of aryl methyl sites for hydroxylation is 4. The van der Waals surface area contributed by atoms with Crippen molar-refractivity contribution in [3.8, 4) is 11.4 Å². The van der Waals surface area contributed by atoms with Crippen molar-refractivity contribution in [1.82, 2.24) is 19.9 Å². The second kappa shape index (κ2) is 8.37. The van der Waals surface area contributed by atoms with Crippen LogP contribution in [0.4, 0.5) is 0 Å². The lowest BCUT2D eigenvalue weighted by Gasteiger charge is -2.04. The fourth-order valence-electron chi connectivity index (χ4n) is 3.32. The second-order valence-electron chi connectivity index (χ2n) is 7.55. The van der Waals surface area contributed by atoms with Crippen LogP contribution in [0.25, 0.3) is 33.2 Å². The highest BCUT2D eigenvalue weighted by Gasteiger charge is 2.03. The van der Waals surface area contributed by atoms with Gasteiger partial charge in [0.25, 0.3) is 0 Å². The van der Waals surface area contributed by atoms with Crippen molar-refractivity contribution in [2.45, 2.75) is 27.7 Å². The fourth-order valence-corrected chi connectivity index (χ4v) is 3.32. The quantitative estimate of drug-likeness (QED) is 0.321. The second-order valence-corrected chi connectivity index (χ2v) is 7.55. The van der Waals surface area contributed by atoms with Crippen LogP contribution in [0.15, 0.2) is 73.1 Å². The van der Waals surface area contributed by atoms with Crippen molar-refractivity contribution < 1.29 is 0 Å². The molecule has 0 bridgehead atoms. The molecule has 0 unspecified atom stereocenters. The predicted molar refractivity (Wildman–Crippen MR) is 123 cm³/mol. The van der Waals surface area contributed by atoms with Crippen molar-refractivity contribution in [2.75, 3.05) is 0 Å². The molecule has 0 N–H and O–H groups in total. The summed E-state index contributed by atoms with van der Waals surface area (Å²) in [6, 6.07) is 20.5. The van der Waals surface area contributed by atoms with Gasteiger partial charge < -0.3 is 0 Å². The van der Waals surface area contributed by atoms with E-state index in [0.29, 0.717) is 0 Å². The van der Waals surface area contributed by atoms with Crippen LogP contribution in [-0.2, 0) is 0 Å². The summed E-state index contributed by atoms with van der Waals surface area (Å²) in [5.74, 6) is 0. The number of rotatable bonds is 1. The summed E-state index contributed by atoms with van der Waals surface area (Å²) in [4.78, 5) is 17.7. The minimum absolute atomic E-state index is 0.939. The standard InChI is InChI=1S/C14H12N2.C12H12N2/c1-9-3-5-11-7-8-12-6-4-10(2)16-14(12)13(11)15-9;1-9-3-5-13-11(7-9)12-8-10(2)4-6-14-12/h3-8H,1-2H3;3-8H,1-2H3. The topological polar surface area (TPSA) is 51.6 Å². The van der Waals surface area contributed by atoms with Crippen molar-refractivity contribution in [1.29, 1.82) is 0 Å². The average molecular weight is 393 g/mol. The van der Waals surface area contributed by atoms with Crippen molar-refractivity contribution in [3.63, 3.8) is 0 Å². The lowest BCUT2D eigenvalue weighted by molar-refractivity contribution is 1.21. The zero-order chi connectivity index (χ0) is 21.1. The maximum absolute atomic E-state index is 4.58. The summed E-state index contributed by atoms with van der Waals surface area (Å²) in [6.45, 7) is 8.13. The molecule has 0 aliphatic rings. The van der Waals surface area contributed by atoms with E-state index in [-0.39, 0.29) is 0 Å². The van der Waals surface area contributed by atoms with Gasteiger partial charge in [0.05, 0.1) is 22.4 Å². The number of nitrogens with zero attached hydrogens (tertiary/aromatic N) is 4. The molecule has 0 saturated carbocycles. The lowest BCUT2D eigenvalue weighted by Crippen LogP contribution is -1.89. The molecule has 0 fully saturated rings. The van der Waals surface area contributed by atoms with E-state index in [1.165, 1.54) is 11.1 Å². The first-order chi connectivity index (χ1) is 14.5. The number of fused-ring (bicyclic) bond motifs is 3. The zero-order valence-corrected chi connectivity index (χ0v) is 17.7. The van der Waals surface area contributed by atoms with Gasteiger partial charge in [-0.3, -0.25) is 19.9 Å². The third-order valence-corrected chi connectivity index (χ3v) is 4.89. The summed E-state index contributed by atoms with van der Waals surface area (Å²) in [5.41, 5.74) is 8.35. The van der Waals surface area contributed by atoms with Crippen LogP contribution in [0.5, 0.6) is 0 Å². The molecule has 0 saturated heterocycles. The van der Waals surface area contributed by atoms with Gasteiger partial charge in [0.1, 0.15) is 0 Å². The molecular weight excluding hydrogens is 368 g/mol. The van der Waals surface area contributed by atoms with E-state index in [2.05, 4.69) is 58.0 Å². The van der Waals surface area contributed by atoms with Gasteiger partial charge in [-0.15, -0.1) is 0 Å². The molecule has 4 nitrogen and oxygen atoms in total. The minimum Gasteiger partial charge on any atom is -0.255 e. The van der Waals surface area contributed by atoms with Gasteiger partial charge in [0, 0.05) is 34.6 Å². The number of pyridine rings is 4. The Hall–Kier alpha value is -3.66. The van der Waals surface area contributed by atoms with E-state index in [1.54, 1.807) is 0 Å². The molecule has 30 heavy (non-hydrogen) atoms. The van der Waals surface area contributed by atoms with Crippen LogP contribution >= 0.6 is 0 Å². The molecule has 4 heteroatoms. The normalized spacial score (nSPS) is 10.7. The summed E-state index contributed by atoms with van der Waals surface area (Å²) in [6.07, 6.45) is 3.63. The first-order valence-electron chi connectivity index (χ1n) is 9.99. The van der Waals surface area contributed by atoms with Gasteiger partial charge in [-0.25, -0.2) is 0 Å². The van der Waals surface area contributed by atoms with Crippen LogP contribution in [0.1, 0.15) is 22.5 Å². The molecule has 5 rings (SSSR count). The van der Waals surface area contributed by atoms with Gasteiger partial charge in [-0.1, -0.05) is 24.3 Å². The minimum atomic E-state index is 0.939. The Morgan fingerprint density at radius 3 is 1.30 bits per heavy atom. The first kappa shape index (κ1) is 19.6. The van der Waals surface area contributed by atoms with Gasteiger partial charge >= 0.3 is 0 Å². The fraction of sp³-hybridized carbons (Fsp3) is 0.154. The van der Waals surface area contributed by atoms with Crippen molar-refractivity contribution in [2.24, 2.45) is 0 Å². The van der Waals surface area contributed by atoms with E-state index < -0.39 is 0 Å². The largest absolute Gasteiger partial charge is 0.255 e. The van der Waals surface area contributed by atoms with Gasteiger partial charge in [0.2, 0.25) is 0 Å². The van der Waals surface area contributed by atoms with Crippen LogP contribution in [-0.4, -0.2) is 19.9 Å². The molecule has 0 aliphatic heterocycles. The smallest absolute Gasteiger partial charge is 0.0967 e. The number of benzene rings is 1. The highest BCUT2D eigenvalue weighted by atomic mass is 14.8. The van der Waals surface area contributed by atoms with Crippen molar-refractivity contribution >= 4 is 21.8 Å². The maximum Gasteiger partial charge on any atom is 0.0967 e. The van der Waals surface area contributed by atoms with Crippen LogP contribution in [0.3, 0.4) is 0 Å². The van der Waals surface area contributed by atoms with E-state index in [4.69, 9.17) is 0 Å². The van der Waals surface area contributed by atoms with E-state index in [0.717, 1.165) is 44.6 Å². The molecule has 0 amide bonds. The van der Waals surface area contributed by atoms with Crippen LogP contribution in [0, 0.1) is 27.7 Å².